The van der Waals surface area contributed by atoms with E-state index in [0.717, 1.165) is 10.5 Å². The van der Waals surface area contributed by atoms with Gasteiger partial charge in [-0.1, -0.05) is 51.1 Å². The molecule has 0 aromatic heterocycles. The third kappa shape index (κ3) is 7.54. The number of halogens is 1. The molecule has 0 aliphatic heterocycles. The molecule has 29 heavy (non-hydrogen) atoms. The molecule has 2 aromatic carbocycles. The molecule has 6 heteroatoms. The number of nitrogens with zero attached hydrogens (tertiary/aromatic N) is 1. The number of carbonyl (C=O) groups excluding carboxylic acids is 2. The van der Waals surface area contributed by atoms with Crippen molar-refractivity contribution in [3.8, 4) is 0 Å². The summed E-state index contributed by atoms with van der Waals surface area (Å²) in [5.74, 6) is -0.0328. The highest BCUT2D eigenvalue weighted by molar-refractivity contribution is 8.00. The molecule has 0 fully saturated rings. The number of hydrogen-bond donors (Lipinski definition) is 1. The number of rotatable bonds is 10. The second-order valence-electron chi connectivity index (χ2n) is 7.31. The fourth-order valence-electron chi connectivity index (χ4n) is 2.87. The number of benzene rings is 2. The van der Waals surface area contributed by atoms with Gasteiger partial charge in [0.1, 0.15) is 11.9 Å². The molecule has 0 aliphatic carbocycles. The van der Waals surface area contributed by atoms with Crippen LogP contribution in [0.4, 0.5) is 4.39 Å². The van der Waals surface area contributed by atoms with Crippen molar-refractivity contribution in [1.29, 1.82) is 0 Å². The minimum atomic E-state index is -0.567. The molecule has 4 nitrogen and oxygen atoms in total. The first-order valence-corrected chi connectivity index (χ1v) is 10.9. The molecule has 2 amide bonds. The fraction of sp³-hybridized carbons (Fsp3) is 0.391. The predicted molar refractivity (Wildman–Crippen MR) is 116 cm³/mol. The lowest BCUT2D eigenvalue weighted by Crippen LogP contribution is -2.50. The summed E-state index contributed by atoms with van der Waals surface area (Å²) >= 11 is 1.44. The normalized spacial score (nSPS) is 11.9. The molecule has 0 aliphatic rings. The van der Waals surface area contributed by atoms with Crippen LogP contribution in [-0.4, -0.2) is 35.1 Å². The van der Waals surface area contributed by atoms with Crippen LogP contribution in [0.5, 0.6) is 0 Å². The monoisotopic (exact) mass is 416 g/mol. The molecule has 0 bridgehead atoms. The van der Waals surface area contributed by atoms with Gasteiger partial charge in [-0.15, -0.1) is 11.8 Å². The molecule has 0 spiro atoms. The minimum absolute atomic E-state index is 0.116. The second kappa shape index (κ2) is 11.6. The maximum Gasteiger partial charge on any atom is 0.242 e. The maximum absolute atomic E-state index is 13.3. The van der Waals surface area contributed by atoms with Crippen molar-refractivity contribution in [3.05, 3.63) is 66.0 Å². The van der Waals surface area contributed by atoms with Crippen LogP contribution in [0.1, 0.15) is 32.8 Å². The number of hydrogen-bond acceptors (Lipinski definition) is 3. The van der Waals surface area contributed by atoms with Crippen LogP contribution in [0.15, 0.2) is 59.5 Å². The van der Waals surface area contributed by atoms with Crippen LogP contribution in [0, 0.1) is 11.7 Å². The Kier molecular flexibility index (Phi) is 9.19. The summed E-state index contributed by atoms with van der Waals surface area (Å²) in [6.45, 7) is 6.78. The molecule has 0 saturated heterocycles. The molecule has 0 radical (unpaired) electrons. The van der Waals surface area contributed by atoms with E-state index in [1.54, 1.807) is 17.0 Å². The Hall–Kier alpha value is -2.34. The van der Waals surface area contributed by atoms with Gasteiger partial charge in [-0.25, -0.2) is 4.39 Å². The molecule has 0 heterocycles. The van der Waals surface area contributed by atoms with Crippen molar-refractivity contribution in [3.63, 3.8) is 0 Å². The van der Waals surface area contributed by atoms with Crippen LogP contribution in [0.3, 0.4) is 0 Å². The highest BCUT2D eigenvalue weighted by Gasteiger charge is 2.28. The molecular weight excluding hydrogens is 387 g/mol. The van der Waals surface area contributed by atoms with Gasteiger partial charge in [0.25, 0.3) is 0 Å². The zero-order valence-electron chi connectivity index (χ0n) is 17.2. The molecule has 2 aromatic rings. The van der Waals surface area contributed by atoms with Gasteiger partial charge in [0, 0.05) is 18.0 Å². The molecule has 2 rings (SSSR count). The van der Waals surface area contributed by atoms with Crippen LogP contribution in [-0.2, 0) is 16.1 Å². The van der Waals surface area contributed by atoms with E-state index in [1.807, 2.05) is 51.1 Å². The van der Waals surface area contributed by atoms with E-state index in [2.05, 4.69) is 5.32 Å². The standard InChI is InChI=1S/C23H29FN2O2S/c1-4-21(23(28)25-14-17(2)3)26(15-18-10-12-19(24)13-11-18)22(27)16-29-20-8-6-5-7-9-20/h5-13,17,21H,4,14-16H2,1-3H3,(H,25,28)/t21-/m0/s1. The van der Waals surface area contributed by atoms with E-state index in [9.17, 15) is 14.0 Å². The van der Waals surface area contributed by atoms with Crippen molar-refractivity contribution in [2.24, 2.45) is 5.92 Å². The highest BCUT2D eigenvalue weighted by Crippen LogP contribution is 2.20. The third-order valence-electron chi connectivity index (χ3n) is 4.44. The minimum Gasteiger partial charge on any atom is -0.354 e. The quantitative estimate of drug-likeness (QED) is 0.580. The zero-order valence-corrected chi connectivity index (χ0v) is 18.0. The summed E-state index contributed by atoms with van der Waals surface area (Å²) in [7, 11) is 0. The SMILES string of the molecule is CC[C@@H](C(=O)NCC(C)C)N(Cc1ccc(F)cc1)C(=O)CSc1ccccc1. The second-order valence-corrected chi connectivity index (χ2v) is 8.36. The Balaban J connectivity index is 2.16. The Morgan fingerprint density at radius 1 is 1.07 bits per heavy atom. The summed E-state index contributed by atoms with van der Waals surface area (Å²) in [6, 6.07) is 15.2. The van der Waals surface area contributed by atoms with E-state index in [4.69, 9.17) is 0 Å². The van der Waals surface area contributed by atoms with E-state index >= 15 is 0 Å². The molecule has 1 atom stereocenters. The smallest absolute Gasteiger partial charge is 0.242 e. The molecule has 0 saturated carbocycles. The lowest BCUT2D eigenvalue weighted by Gasteiger charge is -2.31. The molecule has 1 N–H and O–H groups in total. The van der Waals surface area contributed by atoms with Gasteiger partial charge in [0.05, 0.1) is 5.75 Å². The summed E-state index contributed by atoms with van der Waals surface area (Å²) < 4.78 is 13.3. The molecule has 0 unspecified atom stereocenters. The van der Waals surface area contributed by atoms with E-state index in [1.165, 1.54) is 23.9 Å². The van der Waals surface area contributed by atoms with E-state index in [0.29, 0.717) is 18.9 Å². The Bertz CT molecular complexity index is 781. The van der Waals surface area contributed by atoms with Crippen LogP contribution in [0.25, 0.3) is 0 Å². The van der Waals surface area contributed by atoms with Crippen molar-refractivity contribution in [2.45, 2.75) is 44.7 Å². The summed E-state index contributed by atoms with van der Waals surface area (Å²) in [4.78, 5) is 28.5. The summed E-state index contributed by atoms with van der Waals surface area (Å²) in [5.41, 5.74) is 0.791. The highest BCUT2D eigenvalue weighted by atomic mass is 32.2. The van der Waals surface area contributed by atoms with Gasteiger partial charge >= 0.3 is 0 Å². The first-order valence-electron chi connectivity index (χ1n) is 9.90. The summed E-state index contributed by atoms with van der Waals surface area (Å²) in [6.07, 6.45) is 0.507. The number of thioether (sulfide) groups is 1. The molecular formula is C23H29FN2O2S. The van der Waals surface area contributed by atoms with Gasteiger partial charge in [0.15, 0.2) is 0 Å². The van der Waals surface area contributed by atoms with Crippen molar-refractivity contribution in [2.75, 3.05) is 12.3 Å². The van der Waals surface area contributed by atoms with Crippen molar-refractivity contribution >= 4 is 23.6 Å². The van der Waals surface area contributed by atoms with E-state index in [-0.39, 0.29) is 29.9 Å². The predicted octanol–water partition coefficient (Wildman–Crippen LogP) is 4.50. The first kappa shape index (κ1) is 22.9. The number of amides is 2. The lowest BCUT2D eigenvalue weighted by molar-refractivity contribution is -0.139. The van der Waals surface area contributed by atoms with Crippen LogP contribution >= 0.6 is 11.8 Å². The van der Waals surface area contributed by atoms with Crippen LogP contribution < -0.4 is 5.32 Å². The van der Waals surface area contributed by atoms with Gasteiger partial charge in [-0.05, 0) is 42.2 Å². The number of nitrogens with one attached hydrogen (secondary N) is 1. The lowest BCUT2D eigenvalue weighted by atomic mass is 10.1. The summed E-state index contributed by atoms with van der Waals surface area (Å²) in [5, 5.41) is 2.94. The average molecular weight is 417 g/mol. The Morgan fingerprint density at radius 3 is 2.31 bits per heavy atom. The number of carbonyl (C=O) groups is 2. The largest absolute Gasteiger partial charge is 0.354 e. The van der Waals surface area contributed by atoms with Crippen molar-refractivity contribution in [1.82, 2.24) is 10.2 Å². The Morgan fingerprint density at radius 2 is 1.72 bits per heavy atom. The fourth-order valence-corrected chi connectivity index (χ4v) is 3.68. The molecule has 156 valence electrons. The van der Waals surface area contributed by atoms with E-state index < -0.39 is 6.04 Å². The first-order chi connectivity index (χ1) is 13.9. The average Bonchev–Trinajstić information content (AvgIpc) is 2.72. The Labute approximate surface area is 176 Å². The van der Waals surface area contributed by atoms with Gasteiger partial charge in [-0.2, -0.15) is 0 Å². The third-order valence-corrected chi connectivity index (χ3v) is 5.44. The van der Waals surface area contributed by atoms with Gasteiger partial charge < -0.3 is 10.2 Å². The topological polar surface area (TPSA) is 49.4 Å². The van der Waals surface area contributed by atoms with Crippen LogP contribution in [0.2, 0.25) is 0 Å². The maximum atomic E-state index is 13.3. The van der Waals surface area contributed by atoms with Gasteiger partial charge in [-0.3, -0.25) is 9.59 Å². The van der Waals surface area contributed by atoms with Crippen molar-refractivity contribution < 1.29 is 14.0 Å². The van der Waals surface area contributed by atoms with Gasteiger partial charge in [0.2, 0.25) is 11.8 Å². The zero-order chi connectivity index (χ0) is 21.2.